The molecular weight excluding hydrogens is 384 g/mol. The van der Waals surface area contributed by atoms with Gasteiger partial charge in [-0.05, 0) is 35.4 Å². The highest BCUT2D eigenvalue weighted by Crippen LogP contribution is 2.22. The lowest BCUT2D eigenvalue weighted by atomic mass is 10.1. The molecule has 1 N–H and O–H groups in total. The van der Waals surface area contributed by atoms with Crippen LogP contribution in [0.2, 0.25) is 0 Å². The van der Waals surface area contributed by atoms with Gasteiger partial charge in [-0.1, -0.05) is 54.6 Å². The second-order valence-corrected chi connectivity index (χ2v) is 6.17. The summed E-state index contributed by atoms with van der Waals surface area (Å²) in [5.41, 5.74) is 5.01. The first-order valence-electron chi connectivity index (χ1n) is 9.13. The number of rotatable bonds is 9. The minimum atomic E-state index is -1.33. The molecule has 0 aliphatic rings. The Balaban J connectivity index is 1.49. The normalized spacial score (nSPS) is 10.5. The summed E-state index contributed by atoms with van der Waals surface area (Å²) in [5, 5.41) is 14.4. The Kier molecular flexibility index (Phi) is 7.16. The minimum Gasteiger partial charge on any atom is -0.546 e. The van der Waals surface area contributed by atoms with Gasteiger partial charge in [0.15, 0.2) is 6.61 Å². The van der Waals surface area contributed by atoms with E-state index in [0.717, 1.165) is 11.1 Å². The van der Waals surface area contributed by atoms with Crippen LogP contribution in [0.4, 0.5) is 0 Å². The Bertz CT molecular complexity index is 1020. The third kappa shape index (κ3) is 6.20. The zero-order chi connectivity index (χ0) is 21.2. The first kappa shape index (κ1) is 20.6. The largest absolute Gasteiger partial charge is 0.546 e. The van der Waals surface area contributed by atoms with Crippen LogP contribution in [0.1, 0.15) is 5.56 Å². The van der Waals surface area contributed by atoms with Gasteiger partial charge < -0.3 is 19.4 Å². The average molecular weight is 403 g/mol. The Morgan fingerprint density at radius 2 is 1.50 bits per heavy atom. The van der Waals surface area contributed by atoms with Crippen LogP contribution < -0.4 is 20.0 Å². The Hall–Kier alpha value is -4.13. The maximum Gasteiger partial charge on any atom is 0.277 e. The van der Waals surface area contributed by atoms with Crippen molar-refractivity contribution in [3.8, 4) is 22.6 Å². The highest BCUT2D eigenvalue weighted by Gasteiger charge is 2.04. The van der Waals surface area contributed by atoms with Crippen molar-refractivity contribution in [2.45, 2.75) is 0 Å². The number of aliphatic carboxylic acids is 1. The second-order valence-electron chi connectivity index (χ2n) is 6.17. The zero-order valence-electron chi connectivity index (χ0n) is 16.0. The van der Waals surface area contributed by atoms with E-state index in [9.17, 15) is 14.7 Å². The molecule has 0 bridgehead atoms. The number of hydrogen-bond donors (Lipinski definition) is 1. The molecule has 0 atom stereocenters. The fourth-order valence-electron chi connectivity index (χ4n) is 2.58. The predicted molar refractivity (Wildman–Crippen MR) is 110 cm³/mol. The monoisotopic (exact) mass is 403 g/mol. The Morgan fingerprint density at radius 3 is 2.23 bits per heavy atom. The van der Waals surface area contributed by atoms with E-state index in [2.05, 4.69) is 10.5 Å². The molecular formula is C23H19N2O5-. The van der Waals surface area contributed by atoms with Crippen molar-refractivity contribution in [1.82, 2.24) is 5.43 Å². The van der Waals surface area contributed by atoms with Crippen molar-refractivity contribution in [3.63, 3.8) is 0 Å². The van der Waals surface area contributed by atoms with Crippen LogP contribution in [0, 0.1) is 0 Å². The minimum absolute atomic E-state index is 0.204. The van der Waals surface area contributed by atoms with Gasteiger partial charge in [-0.3, -0.25) is 4.79 Å². The molecule has 30 heavy (non-hydrogen) atoms. The Morgan fingerprint density at radius 1 is 0.833 bits per heavy atom. The standard InChI is InChI=1S/C23H20N2O5/c26-22(25-24-14-19-8-4-5-9-21(19)30-16-23(27)28)15-29-20-12-10-18(11-13-20)17-6-2-1-3-7-17/h1-14H,15-16H2,(H,25,26)(H,27,28)/p-1/b24-14-. The Labute approximate surface area is 173 Å². The zero-order valence-corrected chi connectivity index (χ0v) is 16.0. The molecule has 152 valence electrons. The summed E-state index contributed by atoms with van der Waals surface area (Å²) in [6.07, 6.45) is 1.36. The van der Waals surface area contributed by atoms with Crippen LogP contribution in [0.15, 0.2) is 84.0 Å². The van der Waals surface area contributed by atoms with Gasteiger partial charge >= 0.3 is 0 Å². The molecule has 0 unspecified atom stereocenters. The molecule has 0 spiro atoms. The molecule has 1 amide bonds. The number of nitrogens with one attached hydrogen (secondary N) is 1. The van der Waals surface area contributed by atoms with Gasteiger partial charge in [0.25, 0.3) is 5.91 Å². The van der Waals surface area contributed by atoms with Crippen molar-refractivity contribution in [2.75, 3.05) is 13.2 Å². The summed E-state index contributed by atoms with van der Waals surface area (Å²) >= 11 is 0. The van der Waals surface area contributed by atoms with E-state index in [4.69, 9.17) is 9.47 Å². The fraction of sp³-hybridized carbons (Fsp3) is 0.0870. The number of carboxylic acid groups (broad SMARTS) is 1. The highest BCUT2D eigenvalue weighted by atomic mass is 16.5. The van der Waals surface area contributed by atoms with E-state index >= 15 is 0 Å². The van der Waals surface area contributed by atoms with E-state index < -0.39 is 18.5 Å². The third-order valence-corrected chi connectivity index (χ3v) is 3.99. The molecule has 0 aliphatic carbocycles. The van der Waals surface area contributed by atoms with E-state index in [1.165, 1.54) is 6.21 Å². The van der Waals surface area contributed by atoms with Gasteiger partial charge in [0.1, 0.15) is 18.1 Å². The number of nitrogens with zero attached hydrogens (tertiary/aromatic N) is 1. The molecule has 0 saturated heterocycles. The molecule has 0 fully saturated rings. The van der Waals surface area contributed by atoms with Crippen molar-refractivity contribution in [2.24, 2.45) is 5.10 Å². The van der Waals surface area contributed by atoms with E-state index in [1.807, 2.05) is 42.5 Å². The number of carbonyl (C=O) groups is 2. The van der Waals surface area contributed by atoms with Gasteiger partial charge in [0.05, 0.1) is 12.2 Å². The lowest BCUT2D eigenvalue weighted by Crippen LogP contribution is -2.29. The molecule has 3 aromatic carbocycles. The van der Waals surface area contributed by atoms with Crippen LogP contribution in [-0.4, -0.2) is 31.3 Å². The number of para-hydroxylation sites is 1. The van der Waals surface area contributed by atoms with E-state index in [0.29, 0.717) is 17.1 Å². The molecule has 0 aliphatic heterocycles. The van der Waals surface area contributed by atoms with Crippen molar-refractivity contribution in [3.05, 3.63) is 84.4 Å². The van der Waals surface area contributed by atoms with Crippen molar-refractivity contribution >= 4 is 18.1 Å². The summed E-state index contributed by atoms with van der Waals surface area (Å²) in [7, 11) is 0. The molecule has 3 aromatic rings. The molecule has 0 radical (unpaired) electrons. The van der Waals surface area contributed by atoms with Crippen LogP contribution in [-0.2, 0) is 9.59 Å². The first-order valence-corrected chi connectivity index (χ1v) is 9.13. The molecule has 7 heteroatoms. The molecule has 3 rings (SSSR count). The molecule has 7 nitrogen and oxygen atoms in total. The quantitative estimate of drug-likeness (QED) is 0.435. The van der Waals surface area contributed by atoms with Crippen molar-refractivity contribution < 1.29 is 24.2 Å². The summed E-state index contributed by atoms with van der Waals surface area (Å²) in [6, 6.07) is 24.1. The summed E-state index contributed by atoms with van der Waals surface area (Å²) in [4.78, 5) is 22.5. The number of amides is 1. The van der Waals surface area contributed by atoms with Gasteiger partial charge in [-0.2, -0.15) is 5.10 Å². The number of hydrazone groups is 1. The van der Waals surface area contributed by atoms with Crippen LogP contribution >= 0.6 is 0 Å². The topological polar surface area (TPSA) is 100 Å². The second kappa shape index (κ2) is 10.4. The molecule has 0 aromatic heterocycles. The van der Waals surface area contributed by atoms with E-state index in [-0.39, 0.29) is 6.61 Å². The maximum absolute atomic E-state index is 11.9. The average Bonchev–Trinajstić information content (AvgIpc) is 2.78. The van der Waals surface area contributed by atoms with Crippen LogP contribution in [0.5, 0.6) is 11.5 Å². The van der Waals surface area contributed by atoms with Gasteiger partial charge in [0, 0.05) is 5.56 Å². The van der Waals surface area contributed by atoms with Crippen LogP contribution in [0.25, 0.3) is 11.1 Å². The maximum atomic E-state index is 11.9. The number of hydrogen-bond acceptors (Lipinski definition) is 6. The molecule has 0 heterocycles. The highest BCUT2D eigenvalue weighted by molar-refractivity contribution is 5.85. The first-order chi connectivity index (χ1) is 14.6. The lowest BCUT2D eigenvalue weighted by Gasteiger charge is -2.09. The number of benzene rings is 3. The number of ether oxygens (including phenoxy) is 2. The summed E-state index contributed by atoms with van der Waals surface area (Å²) in [5.74, 6) is -0.889. The smallest absolute Gasteiger partial charge is 0.277 e. The SMILES string of the molecule is O=C([O-])COc1ccccc1/C=N\NC(=O)COc1ccc(-c2ccccc2)cc1. The van der Waals surface area contributed by atoms with Gasteiger partial charge in [-0.15, -0.1) is 0 Å². The lowest BCUT2D eigenvalue weighted by molar-refractivity contribution is -0.307. The van der Waals surface area contributed by atoms with Gasteiger partial charge in [0.2, 0.25) is 0 Å². The van der Waals surface area contributed by atoms with Crippen molar-refractivity contribution in [1.29, 1.82) is 0 Å². The summed E-state index contributed by atoms with van der Waals surface area (Å²) in [6.45, 7) is -0.779. The fourth-order valence-corrected chi connectivity index (χ4v) is 2.58. The van der Waals surface area contributed by atoms with Gasteiger partial charge in [-0.25, -0.2) is 5.43 Å². The predicted octanol–water partition coefficient (Wildman–Crippen LogP) is 2.01. The number of carbonyl (C=O) groups excluding carboxylic acids is 2. The van der Waals surface area contributed by atoms with E-state index in [1.54, 1.807) is 36.4 Å². The number of carboxylic acids is 1. The summed E-state index contributed by atoms with van der Waals surface area (Å²) < 4.78 is 10.6. The van der Waals surface area contributed by atoms with Crippen LogP contribution in [0.3, 0.4) is 0 Å². The molecule has 0 saturated carbocycles. The third-order valence-electron chi connectivity index (χ3n) is 3.99.